The number of aromatic amines is 1. The van der Waals surface area contributed by atoms with Gasteiger partial charge in [0.1, 0.15) is 5.52 Å². The number of hydrogen-bond acceptors (Lipinski definition) is 3. The molecule has 0 amide bonds. The summed E-state index contributed by atoms with van der Waals surface area (Å²) in [5.41, 5.74) is 1.26. The van der Waals surface area contributed by atoms with Gasteiger partial charge in [-0.3, -0.25) is 9.48 Å². The fourth-order valence-corrected chi connectivity index (χ4v) is 2.86. The number of H-pyrrole nitrogens is 1. The highest BCUT2D eigenvalue weighted by molar-refractivity contribution is 9.10. The van der Waals surface area contributed by atoms with Crippen molar-refractivity contribution in [2.45, 2.75) is 0 Å². The Bertz CT molecular complexity index is 1040. The molecular weight excluding hydrogens is 334 g/mol. The van der Waals surface area contributed by atoms with Gasteiger partial charge in [0.25, 0.3) is 5.56 Å². The minimum absolute atomic E-state index is 0.191. The lowest BCUT2D eigenvalue weighted by Gasteiger charge is -2.03. The Balaban J connectivity index is 2.11. The highest BCUT2D eigenvalue weighted by Gasteiger charge is 2.13. The molecule has 6 nitrogen and oxygen atoms in total. The van der Waals surface area contributed by atoms with E-state index in [0.29, 0.717) is 11.3 Å². The van der Waals surface area contributed by atoms with Gasteiger partial charge in [-0.15, -0.1) is 0 Å². The Morgan fingerprint density at radius 1 is 1.19 bits per heavy atom. The van der Waals surface area contributed by atoms with Crippen LogP contribution in [0.4, 0.5) is 0 Å². The Morgan fingerprint density at radius 2 is 2.05 bits per heavy atom. The average Bonchev–Trinajstić information content (AvgIpc) is 3.04. The maximum atomic E-state index is 12.7. The van der Waals surface area contributed by atoms with Crippen LogP contribution in [0.15, 0.2) is 45.9 Å². The molecule has 4 rings (SSSR count). The van der Waals surface area contributed by atoms with Crippen LogP contribution < -0.4 is 5.56 Å². The van der Waals surface area contributed by atoms with E-state index in [1.165, 1.54) is 4.68 Å². The average molecular weight is 344 g/mol. The Hall–Kier alpha value is -2.41. The number of aryl methyl sites for hydroxylation is 1. The number of rotatable bonds is 1. The first-order chi connectivity index (χ1) is 10.1. The smallest absolute Gasteiger partial charge is 0.297 e. The normalized spacial score (nSPS) is 11.5. The van der Waals surface area contributed by atoms with Crippen LogP contribution in [0.1, 0.15) is 0 Å². The van der Waals surface area contributed by atoms with Gasteiger partial charge in [-0.25, -0.2) is 0 Å². The largest absolute Gasteiger partial charge is 0.350 e. The van der Waals surface area contributed by atoms with Crippen LogP contribution in [-0.2, 0) is 7.05 Å². The van der Waals surface area contributed by atoms with E-state index in [9.17, 15) is 4.79 Å². The first kappa shape index (κ1) is 12.3. The maximum absolute atomic E-state index is 12.7. The standard InChI is InChI=1S/C14H10BrN5O/c1-19-12(4-5-16-19)20-14(21)13-10(7-17-20)9-6-8(15)2-3-11(9)18-13/h2-7,18H,1H3. The van der Waals surface area contributed by atoms with Crippen LogP contribution in [0.3, 0.4) is 0 Å². The fraction of sp³-hybridized carbons (Fsp3) is 0.0714. The summed E-state index contributed by atoms with van der Waals surface area (Å²) in [6.45, 7) is 0. The van der Waals surface area contributed by atoms with Crippen molar-refractivity contribution in [3.63, 3.8) is 0 Å². The summed E-state index contributed by atoms with van der Waals surface area (Å²) in [5.74, 6) is 0.627. The molecule has 21 heavy (non-hydrogen) atoms. The molecule has 3 heterocycles. The van der Waals surface area contributed by atoms with Crippen molar-refractivity contribution in [2.24, 2.45) is 7.05 Å². The number of benzene rings is 1. The van der Waals surface area contributed by atoms with E-state index in [4.69, 9.17) is 0 Å². The monoisotopic (exact) mass is 343 g/mol. The van der Waals surface area contributed by atoms with E-state index >= 15 is 0 Å². The van der Waals surface area contributed by atoms with Crippen LogP contribution in [0.5, 0.6) is 0 Å². The van der Waals surface area contributed by atoms with E-state index in [2.05, 4.69) is 31.1 Å². The van der Waals surface area contributed by atoms with E-state index in [1.54, 1.807) is 30.2 Å². The van der Waals surface area contributed by atoms with Crippen molar-refractivity contribution < 1.29 is 0 Å². The molecule has 1 N–H and O–H groups in total. The van der Waals surface area contributed by atoms with E-state index in [1.807, 2.05) is 18.2 Å². The molecule has 7 heteroatoms. The minimum atomic E-state index is -0.191. The van der Waals surface area contributed by atoms with Gasteiger partial charge in [0, 0.05) is 33.9 Å². The molecule has 0 saturated heterocycles. The van der Waals surface area contributed by atoms with Crippen molar-refractivity contribution in [2.75, 3.05) is 0 Å². The Kier molecular flexibility index (Phi) is 2.52. The first-order valence-corrected chi connectivity index (χ1v) is 7.12. The fourth-order valence-electron chi connectivity index (χ4n) is 2.50. The quantitative estimate of drug-likeness (QED) is 0.576. The first-order valence-electron chi connectivity index (χ1n) is 6.33. The van der Waals surface area contributed by atoms with Gasteiger partial charge in [0.15, 0.2) is 5.82 Å². The zero-order chi connectivity index (χ0) is 14.6. The molecule has 0 atom stereocenters. The summed E-state index contributed by atoms with van der Waals surface area (Å²) in [6.07, 6.45) is 3.34. The highest BCUT2D eigenvalue weighted by atomic mass is 79.9. The van der Waals surface area contributed by atoms with Gasteiger partial charge < -0.3 is 4.98 Å². The summed E-state index contributed by atoms with van der Waals surface area (Å²) in [4.78, 5) is 15.8. The number of hydrogen-bond donors (Lipinski definition) is 1. The minimum Gasteiger partial charge on any atom is -0.350 e. The molecule has 0 radical (unpaired) electrons. The van der Waals surface area contributed by atoms with E-state index in [-0.39, 0.29) is 5.56 Å². The lowest BCUT2D eigenvalue weighted by Crippen LogP contribution is -2.23. The number of nitrogens with one attached hydrogen (secondary N) is 1. The van der Waals surface area contributed by atoms with Crippen LogP contribution >= 0.6 is 15.9 Å². The second-order valence-corrected chi connectivity index (χ2v) is 5.69. The predicted octanol–water partition coefficient (Wildman–Crippen LogP) is 2.36. The van der Waals surface area contributed by atoms with Gasteiger partial charge in [-0.05, 0) is 18.2 Å². The Labute approximate surface area is 127 Å². The lowest BCUT2D eigenvalue weighted by molar-refractivity contribution is 0.680. The van der Waals surface area contributed by atoms with Gasteiger partial charge in [-0.2, -0.15) is 14.9 Å². The molecule has 0 spiro atoms. The number of halogens is 1. The molecular formula is C14H10BrN5O. The molecule has 4 aromatic rings. The molecule has 0 fully saturated rings. The second kappa shape index (κ2) is 4.29. The molecule has 0 aliphatic carbocycles. The zero-order valence-electron chi connectivity index (χ0n) is 11.0. The Morgan fingerprint density at radius 3 is 2.81 bits per heavy atom. The third kappa shape index (κ3) is 1.74. The molecule has 0 aliphatic rings. The summed E-state index contributed by atoms with van der Waals surface area (Å²) in [6, 6.07) is 7.60. The molecule has 0 bridgehead atoms. The molecule has 3 aromatic heterocycles. The van der Waals surface area contributed by atoms with Crippen molar-refractivity contribution in [3.8, 4) is 5.82 Å². The van der Waals surface area contributed by atoms with E-state index in [0.717, 1.165) is 20.8 Å². The zero-order valence-corrected chi connectivity index (χ0v) is 12.6. The van der Waals surface area contributed by atoms with Crippen molar-refractivity contribution >= 4 is 37.7 Å². The van der Waals surface area contributed by atoms with Crippen molar-refractivity contribution in [3.05, 3.63) is 51.5 Å². The van der Waals surface area contributed by atoms with Crippen LogP contribution in [0.25, 0.3) is 27.6 Å². The third-order valence-corrected chi connectivity index (χ3v) is 4.01. The summed E-state index contributed by atoms with van der Waals surface area (Å²) >= 11 is 3.45. The van der Waals surface area contributed by atoms with Gasteiger partial charge >= 0.3 is 0 Å². The van der Waals surface area contributed by atoms with E-state index < -0.39 is 0 Å². The summed E-state index contributed by atoms with van der Waals surface area (Å²) < 4.78 is 3.92. The topological polar surface area (TPSA) is 68.5 Å². The van der Waals surface area contributed by atoms with Crippen LogP contribution in [-0.4, -0.2) is 24.5 Å². The third-order valence-electron chi connectivity index (χ3n) is 3.52. The predicted molar refractivity (Wildman–Crippen MR) is 83.7 cm³/mol. The van der Waals surface area contributed by atoms with Gasteiger partial charge in [0.2, 0.25) is 0 Å². The second-order valence-electron chi connectivity index (χ2n) is 4.78. The number of nitrogens with zero attached hydrogens (tertiary/aromatic N) is 4. The van der Waals surface area contributed by atoms with Gasteiger partial charge in [-0.1, -0.05) is 15.9 Å². The van der Waals surface area contributed by atoms with Gasteiger partial charge in [0.05, 0.1) is 12.4 Å². The summed E-state index contributed by atoms with van der Waals surface area (Å²) in [7, 11) is 1.77. The number of aromatic nitrogens is 5. The maximum Gasteiger partial charge on any atom is 0.297 e. The van der Waals surface area contributed by atoms with Crippen LogP contribution in [0, 0.1) is 0 Å². The number of fused-ring (bicyclic) bond motifs is 3. The van der Waals surface area contributed by atoms with Crippen LogP contribution in [0.2, 0.25) is 0 Å². The SMILES string of the molecule is Cn1nccc1-n1ncc2c([nH]c3ccc(Br)cc32)c1=O. The molecule has 0 saturated carbocycles. The molecule has 1 aromatic carbocycles. The molecule has 104 valence electrons. The molecule has 0 aliphatic heterocycles. The van der Waals surface area contributed by atoms with Crippen molar-refractivity contribution in [1.82, 2.24) is 24.5 Å². The highest BCUT2D eigenvalue weighted by Crippen LogP contribution is 2.25. The summed E-state index contributed by atoms with van der Waals surface area (Å²) in [5, 5.41) is 10.1. The van der Waals surface area contributed by atoms with Crippen molar-refractivity contribution in [1.29, 1.82) is 0 Å². The molecule has 0 unspecified atom stereocenters. The lowest BCUT2D eigenvalue weighted by atomic mass is 10.2.